The zero-order chi connectivity index (χ0) is 10.7. The summed E-state index contributed by atoms with van der Waals surface area (Å²) in [5.74, 6) is 0. The van der Waals surface area contributed by atoms with E-state index >= 15 is 0 Å². The zero-order valence-electron chi connectivity index (χ0n) is 8.65. The number of aldehydes is 1. The van der Waals surface area contributed by atoms with Gasteiger partial charge in [-0.25, -0.2) is 0 Å². The second-order valence-electron chi connectivity index (χ2n) is 4.09. The lowest BCUT2D eigenvalue weighted by molar-refractivity contribution is 0.112. The van der Waals surface area contributed by atoms with Gasteiger partial charge >= 0.3 is 0 Å². The molecule has 2 unspecified atom stereocenters. The van der Waals surface area contributed by atoms with Crippen molar-refractivity contribution in [2.45, 2.75) is 24.9 Å². The molecule has 1 heterocycles. The summed E-state index contributed by atoms with van der Waals surface area (Å²) in [5.41, 5.74) is 7.74. The fourth-order valence-electron chi connectivity index (χ4n) is 2.01. The largest absolute Gasteiger partial charge is 0.327 e. The molecule has 2 rings (SSSR count). The molecule has 0 spiro atoms. The third kappa shape index (κ3) is 2.43. The number of piperidine rings is 1. The van der Waals surface area contributed by atoms with Crippen molar-refractivity contribution in [2.24, 2.45) is 5.73 Å². The fourth-order valence-corrected chi connectivity index (χ4v) is 2.01. The molecule has 0 saturated carbocycles. The van der Waals surface area contributed by atoms with Crippen LogP contribution in [0, 0.1) is 0 Å². The molecule has 1 saturated heterocycles. The van der Waals surface area contributed by atoms with Gasteiger partial charge in [0.25, 0.3) is 0 Å². The monoisotopic (exact) mass is 204 g/mol. The number of carbonyl (C=O) groups excluding carboxylic acids is 1. The Balaban J connectivity index is 2.11. The number of hydrogen-bond acceptors (Lipinski definition) is 3. The second kappa shape index (κ2) is 4.55. The first-order valence-electron chi connectivity index (χ1n) is 5.33. The minimum absolute atomic E-state index is 0.274. The van der Waals surface area contributed by atoms with Crippen molar-refractivity contribution in [1.29, 1.82) is 0 Å². The molecule has 1 aromatic rings. The van der Waals surface area contributed by atoms with Crippen LogP contribution in [0.15, 0.2) is 24.3 Å². The summed E-state index contributed by atoms with van der Waals surface area (Å²) in [7, 11) is 0. The standard InChI is InChI=1S/C12H16N2O/c13-11-4-5-12(14-7-11)10-3-1-2-9(6-10)8-15/h1-3,6,8,11-12,14H,4-5,7,13H2. The first kappa shape index (κ1) is 10.3. The molecule has 0 aliphatic carbocycles. The van der Waals surface area contributed by atoms with Gasteiger partial charge in [0.15, 0.2) is 0 Å². The molecule has 15 heavy (non-hydrogen) atoms. The third-order valence-corrected chi connectivity index (χ3v) is 2.90. The van der Waals surface area contributed by atoms with Gasteiger partial charge in [-0.15, -0.1) is 0 Å². The zero-order valence-corrected chi connectivity index (χ0v) is 8.65. The van der Waals surface area contributed by atoms with E-state index in [1.54, 1.807) is 0 Å². The van der Waals surface area contributed by atoms with Crippen LogP contribution in [0.2, 0.25) is 0 Å². The minimum atomic E-state index is 0.274. The van der Waals surface area contributed by atoms with Crippen LogP contribution in [0.4, 0.5) is 0 Å². The van der Waals surface area contributed by atoms with Crippen molar-refractivity contribution in [3.63, 3.8) is 0 Å². The molecule has 1 aromatic carbocycles. The van der Waals surface area contributed by atoms with E-state index in [-0.39, 0.29) is 6.04 Å². The van der Waals surface area contributed by atoms with Crippen molar-refractivity contribution >= 4 is 6.29 Å². The smallest absolute Gasteiger partial charge is 0.150 e. The Labute approximate surface area is 89.7 Å². The van der Waals surface area contributed by atoms with Crippen LogP contribution < -0.4 is 11.1 Å². The summed E-state index contributed by atoms with van der Waals surface area (Å²) in [6.45, 7) is 0.857. The van der Waals surface area contributed by atoms with Gasteiger partial charge in [0, 0.05) is 24.2 Å². The normalized spacial score (nSPS) is 26.2. The molecule has 0 aromatic heterocycles. The van der Waals surface area contributed by atoms with Gasteiger partial charge in [-0.1, -0.05) is 18.2 Å². The first-order valence-corrected chi connectivity index (χ1v) is 5.33. The van der Waals surface area contributed by atoms with E-state index in [1.165, 1.54) is 5.56 Å². The highest BCUT2D eigenvalue weighted by molar-refractivity contribution is 5.75. The fraction of sp³-hybridized carbons (Fsp3) is 0.417. The highest BCUT2D eigenvalue weighted by atomic mass is 16.1. The SMILES string of the molecule is NC1CCC(c2cccc(C=O)c2)NC1. The molecule has 0 amide bonds. The highest BCUT2D eigenvalue weighted by Gasteiger charge is 2.18. The number of carbonyl (C=O) groups is 1. The van der Waals surface area contributed by atoms with Crippen LogP contribution in [0.25, 0.3) is 0 Å². The average molecular weight is 204 g/mol. The Morgan fingerprint density at radius 3 is 2.93 bits per heavy atom. The maximum Gasteiger partial charge on any atom is 0.150 e. The van der Waals surface area contributed by atoms with E-state index in [0.717, 1.165) is 31.2 Å². The Hall–Kier alpha value is -1.19. The molecule has 0 radical (unpaired) electrons. The molecule has 2 atom stereocenters. The predicted molar refractivity (Wildman–Crippen MR) is 59.8 cm³/mol. The average Bonchev–Trinajstić information content (AvgIpc) is 2.30. The van der Waals surface area contributed by atoms with E-state index in [1.807, 2.05) is 18.2 Å². The van der Waals surface area contributed by atoms with Gasteiger partial charge < -0.3 is 11.1 Å². The molecule has 1 fully saturated rings. The van der Waals surface area contributed by atoms with E-state index in [0.29, 0.717) is 6.04 Å². The predicted octanol–water partition coefficient (Wildman–Crippen LogP) is 1.25. The van der Waals surface area contributed by atoms with E-state index < -0.39 is 0 Å². The van der Waals surface area contributed by atoms with Crippen molar-refractivity contribution in [1.82, 2.24) is 5.32 Å². The van der Waals surface area contributed by atoms with Crippen LogP contribution >= 0.6 is 0 Å². The molecular formula is C12H16N2O. The Bertz CT molecular complexity index is 343. The van der Waals surface area contributed by atoms with E-state index in [9.17, 15) is 4.79 Å². The summed E-state index contributed by atoms with van der Waals surface area (Å²) in [4.78, 5) is 10.7. The van der Waals surface area contributed by atoms with Crippen LogP contribution in [-0.2, 0) is 0 Å². The van der Waals surface area contributed by atoms with Crippen LogP contribution in [-0.4, -0.2) is 18.9 Å². The van der Waals surface area contributed by atoms with Gasteiger partial charge in [-0.2, -0.15) is 0 Å². The summed E-state index contributed by atoms with van der Waals surface area (Å²) in [6.07, 6.45) is 2.98. The number of benzene rings is 1. The van der Waals surface area contributed by atoms with Gasteiger partial charge in [0.1, 0.15) is 6.29 Å². The first-order chi connectivity index (χ1) is 7.29. The Morgan fingerprint density at radius 1 is 1.40 bits per heavy atom. The highest BCUT2D eigenvalue weighted by Crippen LogP contribution is 2.22. The molecule has 3 heteroatoms. The van der Waals surface area contributed by atoms with Crippen molar-refractivity contribution in [2.75, 3.05) is 6.54 Å². The molecule has 1 aliphatic heterocycles. The molecule has 3 N–H and O–H groups in total. The topological polar surface area (TPSA) is 55.1 Å². The number of nitrogens with one attached hydrogen (secondary N) is 1. The van der Waals surface area contributed by atoms with E-state index in [4.69, 9.17) is 5.73 Å². The summed E-state index contributed by atoms with van der Waals surface area (Å²) < 4.78 is 0. The van der Waals surface area contributed by atoms with Crippen molar-refractivity contribution in [3.05, 3.63) is 35.4 Å². The Morgan fingerprint density at radius 2 is 2.27 bits per heavy atom. The van der Waals surface area contributed by atoms with Gasteiger partial charge in [-0.3, -0.25) is 4.79 Å². The summed E-state index contributed by atoms with van der Waals surface area (Å²) in [6, 6.07) is 8.38. The third-order valence-electron chi connectivity index (χ3n) is 2.90. The molecule has 80 valence electrons. The maximum atomic E-state index is 10.7. The molecule has 0 bridgehead atoms. The van der Waals surface area contributed by atoms with Crippen molar-refractivity contribution in [3.8, 4) is 0 Å². The van der Waals surface area contributed by atoms with Crippen LogP contribution in [0.1, 0.15) is 34.8 Å². The molecular weight excluding hydrogens is 188 g/mol. The quantitative estimate of drug-likeness (QED) is 0.713. The maximum absolute atomic E-state index is 10.7. The summed E-state index contributed by atoms with van der Waals surface area (Å²) in [5, 5.41) is 3.40. The Kier molecular flexibility index (Phi) is 3.14. The van der Waals surface area contributed by atoms with Gasteiger partial charge in [0.2, 0.25) is 0 Å². The minimum Gasteiger partial charge on any atom is -0.327 e. The lowest BCUT2D eigenvalue weighted by Gasteiger charge is -2.28. The lowest BCUT2D eigenvalue weighted by Crippen LogP contribution is -2.41. The van der Waals surface area contributed by atoms with Crippen LogP contribution in [0.3, 0.4) is 0 Å². The van der Waals surface area contributed by atoms with Crippen molar-refractivity contribution < 1.29 is 4.79 Å². The van der Waals surface area contributed by atoms with Gasteiger partial charge in [-0.05, 0) is 24.5 Å². The summed E-state index contributed by atoms with van der Waals surface area (Å²) >= 11 is 0. The number of nitrogens with two attached hydrogens (primary N) is 1. The van der Waals surface area contributed by atoms with E-state index in [2.05, 4.69) is 11.4 Å². The molecule has 1 aliphatic rings. The van der Waals surface area contributed by atoms with Gasteiger partial charge in [0.05, 0.1) is 0 Å². The lowest BCUT2D eigenvalue weighted by atomic mass is 9.94. The number of rotatable bonds is 2. The second-order valence-corrected chi connectivity index (χ2v) is 4.09. The van der Waals surface area contributed by atoms with Crippen LogP contribution in [0.5, 0.6) is 0 Å². The molecule has 3 nitrogen and oxygen atoms in total. The number of hydrogen-bond donors (Lipinski definition) is 2.